The fraction of sp³-hybridized carbons (Fsp3) is 0.942. The van der Waals surface area contributed by atoms with Crippen molar-refractivity contribution in [2.75, 3.05) is 6.61 Å². The number of rotatable bonds is 48. The first-order valence-electron chi connectivity index (χ1n) is 25.9. The summed E-state index contributed by atoms with van der Waals surface area (Å²) in [4.78, 5) is 12.4. The summed E-state index contributed by atoms with van der Waals surface area (Å²) >= 11 is 0. The second kappa shape index (κ2) is 48.5. The van der Waals surface area contributed by atoms with Gasteiger partial charge in [-0.1, -0.05) is 283 Å². The van der Waals surface area contributed by atoms with Crippen LogP contribution in [0.5, 0.6) is 0 Å². The Bertz CT molecular complexity index is 769. The van der Waals surface area contributed by atoms with Crippen LogP contribution >= 0.6 is 0 Å². The summed E-state index contributed by atoms with van der Waals surface area (Å²) in [5.41, 5.74) is 0. The van der Waals surface area contributed by atoms with Crippen LogP contribution in [0, 0.1) is 0 Å². The van der Waals surface area contributed by atoms with Crippen LogP contribution in [-0.2, 0) is 4.79 Å². The Balaban J connectivity index is 3.39. The van der Waals surface area contributed by atoms with Gasteiger partial charge >= 0.3 is 0 Å². The molecule has 0 spiro atoms. The Labute approximate surface area is 352 Å². The number of nitrogens with one attached hydrogen (secondary N) is 1. The molecule has 0 saturated carbocycles. The van der Waals surface area contributed by atoms with Gasteiger partial charge in [0.25, 0.3) is 0 Å². The molecule has 4 heteroatoms. The maximum atomic E-state index is 12.4. The van der Waals surface area contributed by atoms with E-state index in [-0.39, 0.29) is 12.5 Å². The maximum absolute atomic E-state index is 12.4. The molecule has 0 aromatic carbocycles. The molecule has 0 rings (SSSR count). The van der Waals surface area contributed by atoms with E-state index >= 15 is 0 Å². The standard InChI is InChI=1S/C52H103NO3/c1-3-5-7-9-11-13-15-17-18-19-20-21-22-23-24-25-26-27-28-29-30-31-32-33-34-36-38-40-42-44-46-48-52(56)53-50(49-54)51(55)47-45-43-41-39-37-35-16-14-12-10-8-6-4-2/h45,47,50-51,54-55H,3-44,46,48-49H2,1-2H3,(H,53,56)/b47-45+/t50-,51+/m0/s1. The van der Waals surface area contributed by atoms with Crippen LogP contribution in [-0.4, -0.2) is 34.9 Å². The van der Waals surface area contributed by atoms with Crippen molar-refractivity contribution in [2.45, 2.75) is 309 Å². The molecule has 1 amide bonds. The number of hydrogen-bond donors (Lipinski definition) is 3. The second-order valence-electron chi connectivity index (χ2n) is 18.0. The van der Waals surface area contributed by atoms with Crippen molar-refractivity contribution < 1.29 is 15.0 Å². The van der Waals surface area contributed by atoms with Gasteiger partial charge in [0.05, 0.1) is 18.8 Å². The van der Waals surface area contributed by atoms with Gasteiger partial charge in [-0.05, 0) is 19.3 Å². The summed E-state index contributed by atoms with van der Waals surface area (Å²) in [6, 6.07) is -0.616. The third-order valence-electron chi connectivity index (χ3n) is 12.3. The smallest absolute Gasteiger partial charge is 0.220 e. The van der Waals surface area contributed by atoms with Crippen LogP contribution < -0.4 is 5.32 Å². The first-order chi connectivity index (χ1) is 27.7. The highest BCUT2D eigenvalue weighted by atomic mass is 16.3. The molecule has 0 aromatic rings. The molecule has 56 heavy (non-hydrogen) atoms. The minimum atomic E-state index is -0.833. The van der Waals surface area contributed by atoms with Gasteiger partial charge in [-0.3, -0.25) is 4.79 Å². The number of allylic oxidation sites excluding steroid dienone is 1. The third-order valence-corrected chi connectivity index (χ3v) is 12.3. The molecule has 4 nitrogen and oxygen atoms in total. The van der Waals surface area contributed by atoms with Crippen molar-refractivity contribution in [2.24, 2.45) is 0 Å². The van der Waals surface area contributed by atoms with Crippen molar-refractivity contribution in [1.29, 1.82) is 0 Å². The fourth-order valence-electron chi connectivity index (χ4n) is 8.30. The molecule has 0 radical (unpaired) electrons. The summed E-state index contributed by atoms with van der Waals surface area (Å²) in [6.07, 6.45) is 62.2. The minimum Gasteiger partial charge on any atom is -0.394 e. The van der Waals surface area contributed by atoms with E-state index < -0.39 is 12.1 Å². The van der Waals surface area contributed by atoms with Crippen LogP contribution in [0.15, 0.2) is 12.2 Å². The second-order valence-corrected chi connectivity index (χ2v) is 18.0. The van der Waals surface area contributed by atoms with Crippen LogP contribution in [0.4, 0.5) is 0 Å². The summed E-state index contributed by atoms with van der Waals surface area (Å²) in [6.45, 7) is 4.33. The fourth-order valence-corrected chi connectivity index (χ4v) is 8.30. The highest BCUT2D eigenvalue weighted by Crippen LogP contribution is 2.17. The molecule has 334 valence electrons. The van der Waals surface area contributed by atoms with E-state index in [1.54, 1.807) is 6.08 Å². The zero-order valence-electron chi connectivity index (χ0n) is 38.4. The minimum absolute atomic E-state index is 0.0581. The molecule has 0 bridgehead atoms. The average molecular weight is 790 g/mol. The SMILES string of the molecule is CCCCCCCCCCCCC/C=C/[C@@H](O)[C@H](CO)NC(=O)CCCCCCCCCCCCCCCCCCCCCCCCCCCCCCCCC. The van der Waals surface area contributed by atoms with Gasteiger partial charge in [-0.2, -0.15) is 0 Å². The molecule has 0 unspecified atom stereocenters. The van der Waals surface area contributed by atoms with Gasteiger partial charge in [-0.25, -0.2) is 0 Å². The molecule has 0 aliphatic rings. The highest BCUT2D eigenvalue weighted by Gasteiger charge is 2.18. The van der Waals surface area contributed by atoms with Gasteiger partial charge in [0.15, 0.2) is 0 Å². The maximum Gasteiger partial charge on any atom is 0.220 e. The lowest BCUT2D eigenvalue weighted by molar-refractivity contribution is -0.123. The van der Waals surface area contributed by atoms with Crippen molar-refractivity contribution in [1.82, 2.24) is 5.32 Å². The molecule has 0 aliphatic carbocycles. The molecular weight excluding hydrogens is 687 g/mol. The Kier molecular flexibility index (Phi) is 47.7. The van der Waals surface area contributed by atoms with E-state index in [0.29, 0.717) is 6.42 Å². The predicted molar refractivity (Wildman–Crippen MR) is 249 cm³/mol. The van der Waals surface area contributed by atoms with Crippen molar-refractivity contribution in [3.63, 3.8) is 0 Å². The lowest BCUT2D eigenvalue weighted by atomic mass is 10.0. The first kappa shape index (κ1) is 55.1. The van der Waals surface area contributed by atoms with Crippen molar-refractivity contribution >= 4 is 5.91 Å². The van der Waals surface area contributed by atoms with Crippen molar-refractivity contribution in [3.8, 4) is 0 Å². The largest absolute Gasteiger partial charge is 0.394 e. The van der Waals surface area contributed by atoms with E-state index in [2.05, 4.69) is 19.2 Å². The molecule has 3 N–H and O–H groups in total. The summed E-state index contributed by atoms with van der Waals surface area (Å²) in [5.74, 6) is -0.0581. The summed E-state index contributed by atoms with van der Waals surface area (Å²) < 4.78 is 0. The Hall–Kier alpha value is -0.870. The van der Waals surface area contributed by atoms with Gasteiger partial charge in [-0.15, -0.1) is 0 Å². The molecular formula is C52H103NO3. The number of unbranched alkanes of at least 4 members (excludes halogenated alkanes) is 41. The molecule has 2 atom stereocenters. The third kappa shape index (κ3) is 44.2. The zero-order chi connectivity index (χ0) is 40.7. The van der Waals surface area contributed by atoms with Crippen LogP contribution in [0.25, 0.3) is 0 Å². The number of hydrogen-bond acceptors (Lipinski definition) is 3. The lowest BCUT2D eigenvalue weighted by Crippen LogP contribution is -2.45. The molecule has 0 saturated heterocycles. The summed E-state index contributed by atoms with van der Waals surface area (Å²) in [5, 5.41) is 23.0. The number of amides is 1. The Morgan fingerprint density at radius 2 is 0.661 bits per heavy atom. The molecule has 0 aromatic heterocycles. The van der Waals surface area contributed by atoms with Crippen LogP contribution in [0.1, 0.15) is 296 Å². The summed E-state index contributed by atoms with van der Waals surface area (Å²) in [7, 11) is 0. The Morgan fingerprint density at radius 3 is 0.929 bits per heavy atom. The molecule has 0 heterocycles. The Morgan fingerprint density at radius 1 is 0.411 bits per heavy atom. The van der Waals surface area contributed by atoms with E-state index in [1.165, 1.54) is 250 Å². The topological polar surface area (TPSA) is 69.6 Å². The first-order valence-corrected chi connectivity index (χ1v) is 25.9. The highest BCUT2D eigenvalue weighted by molar-refractivity contribution is 5.76. The molecule has 0 fully saturated rings. The predicted octanol–water partition coefficient (Wildman–Crippen LogP) is 16.6. The van der Waals surface area contributed by atoms with E-state index in [0.717, 1.165) is 25.7 Å². The molecule has 0 aliphatic heterocycles. The van der Waals surface area contributed by atoms with Gasteiger partial charge in [0.2, 0.25) is 5.91 Å². The lowest BCUT2D eigenvalue weighted by Gasteiger charge is -2.20. The number of carbonyl (C=O) groups excluding carboxylic acids is 1. The van der Waals surface area contributed by atoms with Crippen LogP contribution in [0.2, 0.25) is 0 Å². The van der Waals surface area contributed by atoms with Gasteiger partial charge < -0.3 is 15.5 Å². The number of carbonyl (C=O) groups is 1. The van der Waals surface area contributed by atoms with Crippen molar-refractivity contribution in [3.05, 3.63) is 12.2 Å². The van der Waals surface area contributed by atoms with E-state index in [9.17, 15) is 15.0 Å². The quantitative estimate of drug-likeness (QED) is 0.0425. The zero-order valence-corrected chi connectivity index (χ0v) is 38.4. The van der Waals surface area contributed by atoms with E-state index in [4.69, 9.17) is 0 Å². The van der Waals surface area contributed by atoms with Crippen LogP contribution in [0.3, 0.4) is 0 Å². The number of aliphatic hydroxyl groups is 2. The van der Waals surface area contributed by atoms with Gasteiger partial charge in [0, 0.05) is 6.42 Å². The number of aliphatic hydroxyl groups excluding tert-OH is 2. The average Bonchev–Trinajstić information content (AvgIpc) is 3.20. The van der Waals surface area contributed by atoms with Gasteiger partial charge in [0.1, 0.15) is 0 Å². The monoisotopic (exact) mass is 790 g/mol. The normalized spacial score (nSPS) is 12.9. The van der Waals surface area contributed by atoms with E-state index in [1.807, 2.05) is 6.08 Å².